The minimum Gasteiger partial charge on any atom is -0.545 e. The average molecular weight is 467 g/mol. The van der Waals surface area contributed by atoms with Crippen LogP contribution in [0.3, 0.4) is 0 Å². The van der Waals surface area contributed by atoms with E-state index in [1.54, 1.807) is 6.07 Å². The van der Waals surface area contributed by atoms with Gasteiger partial charge in [-0.15, -0.1) is 0 Å². The zero-order valence-electron chi connectivity index (χ0n) is 17.7. The molecule has 0 atom stereocenters. The van der Waals surface area contributed by atoms with Gasteiger partial charge in [0, 0.05) is 30.3 Å². The van der Waals surface area contributed by atoms with E-state index in [1.807, 2.05) is 18.3 Å². The molecule has 0 spiro atoms. The van der Waals surface area contributed by atoms with Gasteiger partial charge in [0.15, 0.2) is 0 Å². The number of ether oxygens (including phenoxy) is 1. The molecule has 1 heterocycles. The quantitative estimate of drug-likeness (QED) is 0.507. The van der Waals surface area contributed by atoms with Gasteiger partial charge in [0.05, 0.1) is 28.8 Å². The van der Waals surface area contributed by atoms with Crippen molar-refractivity contribution in [1.82, 2.24) is 4.98 Å². The molecule has 0 aliphatic carbocycles. The molecule has 9 heteroatoms. The van der Waals surface area contributed by atoms with Crippen LogP contribution in [0.2, 0.25) is 10.0 Å². The Balaban J connectivity index is 0.00000272. The number of carboxylic acid groups (broad SMARTS) is 1. The molecule has 1 N–H and O–H groups in total. The molecule has 0 saturated heterocycles. The van der Waals surface area contributed by atoms with Gasteiger partial charge in [0.2, 0.25) is 0 Å². The molecule has 1 amide bonds. The molecule has 0 aliphatic heterocycles. The standard InChI is InChI=1S/C23H20Cl2N2O4.Li.H2/c1-2-14-3-5-16(26-13-14)9-10-31-17-6-8-21(19(12-17)23(29)30)27-22(28)18-7-4-15(24)11-20(18)25;;/h3-8,11-13H,2,9-10H2,1H3,(H,27,28)(H,29,30);;1H/q;+1;/p-1. The number of aromatic carboxylic acids is 1. The minimum absolute atomic E-state index is 0. The second-order valence-electron chi connectivity index (χ2n) is 6.68. The smallest absolute Gasteiger partial charge is 0.545 e. The van der Waals surface area contributed by atoms with Crippen LogP contribution >= 0.6 is 23.2 Å². The number of hydrogen-bond acceptors (Lipinski definition) is 5. The largest absolute Gasteiger partial charge is 1.00 e. The average Bonchev–Trinajstić information content (AvgIpc) is 2.75. The number of anilines is 1. The topological polar surface area (TPSA) is 91.3 Å². The summed E-state index contributed by atoms with van der Waals surface area (Å²) in [4.78, 5) is 28.4. The van der Waals surface area contributed by atoms with Gasteiger partial charge in [-0.1, -0.05) is 36.2 Å². The second-order valence-corrected chi connectivity index (χ2v) is 7.53. The van der Waals surface area contributed by atoms with Crippen molar-refractivity contribution in [1.29, 1.82) is 0 Å². The van der Waals surface area contributed by atoms with E-state index in [-0.39, 0.29) is 42.1 Å². The summed E-state index contributed by atoms with van der Waals surface area (Å²) in [5.41, 5.74) is 2.06. The van der Waals surface area contributed by atoms with E-state index in [0.717, 1.165) is 17.7 Å². The summed E-state index contributed by atoms with van der Waals surface area (Å²) in [5.74, 6) is -1.67. The summed E-state index contributed by atoms with van der Waals surface area (Å²) in [6.45, 7) is 2.38. The Bertz CT molecular complexity index is 1110. The molecule has 3 aromatic rings. The molecular weight excluding hydrogens is 446 g/mol. The van der Waals surface area contributed by atoms with Gasteiger partial charge in [-0.2, -0.15) is 0 Å². The number of halogens is 2. The number of hydrogen-bond donors (Lipinski definition) is 1. The van der Waals surface area contributed by atoms with Crippen LogP contribution in [0, 0.1) is 0 Å². The van der Waals surface area contributed by atoms with Crippen LogP contribution in [0.4, 0.5) is 5.69 Å². The van der Waals surface area contributed by atoms with Gasteiger partial charge in [0.1, 0.15) is 5.75 Å². The van der Waals surface area contributed by atoms with E-state index in [4.69, 9.17) is 27.9 Å². The number of pyridine rings is 1. The number of aryl methyl sites for hydroxylation is 1. The first-order chi connectivity index (χ1) is 14.9. The van der Waals surface area contributed by atoms with Crippen molar-refractivity contribution >= 4 is 40.8 Å². The summed E-state index contributed by atoms with van der Waals surface area (Å²) >= 11 is 11.9. The molecule has 162 valence electrons. The summed E-state index contributed by atoms with van der Waals surface area (Å²) in [6.07, 6.45) is 3.31. The Morgan fingerprint density at radius 2 is 1.88 bits per heavy atom. The Morgan fingerprint density at radius 1 is 1.09 bits per heavy atom. The number of aromatic nitrogens is 1. The fourth-order valence-electron chi connectivity index (χ4n) is 2.84. The fraction of sp³-hybridized carbons (Fsp3) is 0.174. The number of carbonyl (C=O) groups is 2. The van der Waals surface area contributed by atoms with Gasteiger partial charge in [-0.3, -0.25) is 9.78 Å². The van der Waals surface area contributed by atoms with Crippen molar-refractivity contribution in [2.75, 3.05) is 11.9 Å². The van der Waals surface area contributed by atoms with Gasteiger partial charge < -0.3 is 20.0 Å². The molecule has 3 rings (SSSR count). The number of carbonyl (C=O) groups excluding carboxylic acids is 2. The number of carboxylic acids is 1. The van der Waals surface area contributed by atoms with Crippen molar-refractivity contribution in [2.24, 2.45) is 0 Å². The maximum Gasteiger partial charge on any atom is 1.00 e. The molecule has 0 radical (unpaired) electrons. The Kier molecular flexibility index (Phi) is 9.61. The minimum atomic E-state index is -1.44. The van der Waals surface area contributed by atoms with E-state index in [9.17, 15) is 14.7 Å². The number of nitrogens with zero attached hydrogens (tertiary/aromatic N) is 1. The van der Waals surface area contributed by atoms with Crippen molar-refractivity contribution in [2.45, 2.75) is 19.8 Å². The van der Waals surface area contributed by atoms with Gasteiger partial charge in [0.25, 0.3) is 5.91 Å². The van der Waals surface area contributed by atoms with Crippen LogP contribution in [0.5, 0.6) is 5.75 Å². The predicted octanol–water partition coefficient (Wildman–Crippen LogP) is 1.44. The molecule has 1 aromatic heterocycles. The van der Waals surface area contributed by atoms with E-state index in [2.05, 4.69) is 17.2 Å². The SMILES string of the molecule is CCc1ccc(CCOc2ccc(NC(=O)c3ccc(Cl)cc3Cl)c(C(=O)[O-])c2)nc1.[HH].[Li+]. The second kappa shape index (κ2) is 11.9. The molecule has 0 bridgehead atoms. The van der Waals surface area contributed by atoms with Crippen molar-refractivity contribution in [3.05, 3.63) is 87.2 Å². The predicted molar refractivity (Wildman–Crippen MR) is 120 cm³/mol. The molecule has 0 saturated carbocycles. The van der Waals surface area contributed by atoms with Crippen LogP contribution in [0.25, 0.3) is 0 Å². The molecule has 2 aromatic carbocycles. The molecule has 6 nitrogen and oxygen atoms in total. The van der Waals surface area contributed by atoms with Gasteiger partial charge in [-0.05, 0) is 54.4 Å². The first-order valence-corrected chi connectivity index (χ1v) is 10.3. The van der Waals surface area contributed by atoms with E-state index in [1.165, 1.54) is 30.3 Å². The summed E-state index contributed by atoms with van der Waals surface area (Å²) in [5, 5.41) is 14.7. The number of benzene rings is 2. The summed E-state index contributed by atoms with van der Waals surface area (Å²) in [6, 6.07) is 12.7. The number of nitrogens with one attached hydrogen (secondary N) is 1. The summed E-state index contributed by atoms with van der Waals surface area (Å²) < 4.78 is 5.65. The first-order valence-electron chi connectivity index (χ1n) is 9.55. The van der Waals surface area contributed by atoms with Crippen LogP contribution in [0.1, 0.15) is 40.3 Å². The van der Waals surface area contributed by atoms with Gasteiger partial charge >= 0.3 is 18.9 Å². The van der Waals surface area contributed by atoms with Crippen LogP contribution in [0.15, 0.2) is 54.7 Å². The van der Waals surface area contributed by atoms with Crippen LogP contribution < -0.4 is 34.0 Å². The van der Waals surface area contributed by atoms with E-state index < -0.39 is 11.9 Å². The maximum absolute atomic E-state index is 12.5. The molecule has 0 aliphatic rings. The molecule has 32 heavy (non-hydrogen) atoms. The molecule has 0 unspecified atom stereocenters. The Hall–Kier alpha value is -2.49. The third-order valence-corrected chi connectivity index (χ3v) is 5.10. The molecular formula is C23H21Cl2LiN2O4. The number of amides is 1. The van der Waals surface area contributed by atoms with Gasteiger partial charge in [-0.25, -0.2) is 0 Å². The number of rotatable bonds is 8. The molecule has 0 fully saturated rings. The monoisotopic (exact) mass is 466 g/mol. The van der Waals surface area contributed by atoms with Crippen LogP contribution in [-0.2, 0) is 12.8 Å². The zero-order chi connectivity index (χ0) is 22.4. The maximum atomic E-state index is 12.5. The zero-order valence-corrected chi connectivity index (χ0v) is 19.2. The Morgan fingerprint density at radius 3 is 2.50 bits per heavy atom. The Labute approximate surface area is 209 Å². The van der Waals surface area contributed by atoms with Crippen molar-refractivity contribution in [3.8, 4) is 5.75 Å². The third-order valence-electron chi connectivity index (χ3n) is 4.56. The normalized spacial score (nSPS) is 10.2. The third kappa shape index (κ3) is 6.75. The summed E-state index contributed by atoms with van der Waals surface area (Å²) in [7, 11) is 0. The first kappa shape index (κ1) is 25.8. The van der Waals surface area contributed by atoms with E-state index in [0.29, 0.717) is 23.8 Å². The van der Waals surface area contributed by atoms with Crippen molar-refractivity contribution in [3.63, 3.8) is 0 Å². The van der Waals surface area contributed by atoms with Crippen LogP contribution in [-0.4, -0.2) is 23.5 Å². The van der Waals surface area contributed by atoms with Crippen molar-refractivity contribution < 1.29 is 39.7 Å². The fourth-order valence-corrected chi connectivity index (χ4v) is 3.33. The van der Waals surface area contributed by atoms with E-state index >= 15 is 0 Å².